The van der Waals surface area contributed by atoms with Crippen molar-refractivity contribution in [2.75, 3.05) is 33.0 Å². The smallest absolute Gasteiger partial charge is 0.470 e. The number of aliphatic carboxylic acids is 1. The van der Waals surface area contributed by atoms with Gasteiger partial charge >= 0.3 is 19.7 Å². The Morgan fingerprint density at radius 3 is 1.60 bits per heavy atom. The third-order valence-electron chi connectivity index (χ3n) is 16.0. The summed E-state index contributed by atoms with van der Waals surface area (Å²) < 4.78 is 86.1. The standard InChI is InChI=1S/C63H117F2N2O16P/c1-6-10-14-18-21-24-26-27-29-32-35-39-44-77-50(41-37-33-17-13-9-4)42-46-79-58-54(66-49(5)69)61(82-51(47-68)56(58)83-84(74,75)76)80-48-52-55(70)57(78-45-40-36-31-23-20-16-12-8-3)53(59(81-52)60(71)72)67-62(73)63(64,65)43-38-34-30-28-25-22-19-15-11-7-2/h24,26,50-59,61,68,70H,6-23,25,27-48H2,1-5H3,(H,66,69)(H,67,73)(H,71,72)(H2,74,75,76)/b26-24-/t50-,51-,52-,53-,54-,55-,56-,57-,58-,59+,61-/m1/s1. The van der Waals surface area contributed by atoms with Gasteiger partial charge in [-0.05, 0) is 57.8 Å². The highest BCUT2D eigenvalue weighted by Crippen LogP contribution is 2.42. The van der Waals surface area contributed by atoms with Crippen LogP contribution in [0.3, 0.4) is 0 Å². The van der Waals surface area contributed by atoms with Crippen LogP contribution in [0.25, 0.3) is 0 Å². The molecule has 494 valence electrons. The number of allylic oxidation sites excluding steroid dienone is 2. The molecule has 0 aromatic carbocycles. The van der Waals surface area contributed by atoms with Gasteiger partial charge in [-0.1, -0.05) is 207 Å². The van der Waals surface area contributed by atoms with E-state index < -0.39 is 112 Å². The van der Waals surface area contributed by atoms with Gasteiger partial charge in [-0.15, -0.1) is 0 Å². The van der Waals surface area contributed by atoms with Crippen molar-refractivity contribution in [3.8, 4) is 0 Å². The number of rotatable bonds is 54. The number of hydrogen-bond acceptors (Lipinski definition) is 13. The number of carboxylic acids is 1. The van der Waals surface area contributed by atoms with Crippen LogP contribution in [-0.4, -0.2) is 149 Å². The summed E-state index contributed by atoms with van der Waals surface area (Å²) >= 11 is 0. The van der Waals surface area contributed by atoms with Crippen molar-refractivity contribution in [2.45, 2.75) is 339 Å². The van der Waals surface area contributed by atoms with Gasteiger partial charge in [-0.2, -0.15) is 8.78 Å². The van der Waals surface area contributed by atoms with Crippen molar-refractivity contribution >= 4 is 25.6 Å². The van der Waals surface area contributed by atoms with E-state index in [4.69, 9.17) is 32.9 Å². The van der Waals surface area contributed by atoms with E-state index >= 15 is 8.78 Å². The third kappa shape index (κ3) is 34.5. The van der Waals surface area contributed by atoms with Crippen LogP contribution in [0.15, 0.2) is 12.2 Å². The summed E-state index contributed by atoms with van der Waals surface area (Å²) in [5, 5.41) is 38.0. The topological polar surface area (TPSA) is 258 Å². The summed E-state index contributed by atoms with van der Waals surface area (Å²) in [6.07, 6.45) is 24.6. The molecular weight excluding hydrogens is 1110 g/mol. The fourth-order valence-corrected chi connectivity index (χ4v) is 11.7. The molecule has 0 aromatic heterocycles. The Kier molecular flexibility index (Phi) is 44.3. The molecule has 0 aliphatic carbocycles. The van der Waals surface area contributed by atoms with Crippen LogP contribution < -0.4 is 10.6 Å². The van der Waals surface area contributed by atoms with Gasteiger partial charge in [0.1, 0.15) is 42.7 Å². The van der Waals surface area contributed by atoms with E-state index in [2.05, 4.69) is 50.5 Å². The first-order chi connectivity index (χ1) is 40.4. The summed E-state index contributed by atoms with van der Waals surface area (Å²) in [5.41, 5.74) is 0. The zero-order chi connectivity index (χ0) is 61.9. The molecule has 11 atom stereocenters. The van der Waals surface area contributed by atoms with Crippen LogP contribution in [0.5, 0.6) is 0 Å². The quantitative estimate of drug-likeness (QED) is 0.0170. The molecule has 2 saturated heterocycles. The molecule has 7 N–H and O–H groups in total. The zero-order valence-corrected chi connectivity index (χ0v) is 53.3. The molecule has 0 aromatic rings. The van der Waals surface area contributed by atoms with Crippen LogP contribution >= 0.6 is 7.82 Å². The lowest BCUT2D eigenvalue weighted by atomic mass is 9.91. The van der Waals surface area contributed by atoms with Crippen LogP contribution in [-0.2, 0) is 51.9 Å². The number of carboxylic acid groups (broad SMARTS) is 1. The molecule has 21 heteroatoms. The summed E-state index contributed by atoms with van der Waals surface area (Å²) in [6, 6.07) is -3.15. The number of carbonyl (C=O) groups is 3. The Bertz CT molecular complexity index is 1750. The number of hydrogen-bond donors (Lipinski definition) is 7. The van der Waals surface area contributed by atoms with Crippen molar-refractivity contribution in [1.29, 1.82) is 0 Å². The van der Waals surface area contributed by atoms with Gasteiger partial charge in [0.25, 0.3) is 5.91 Å². The molecule has 0 radical (unpaired) electrons. The van der Waals surface area contributed by atoms with Crippen LogP contribution in [0, 0.1) is 0 Å². The first-order valence-electron chi connectivity index (χ1n) is 33.1. The van der Waals surface area contributed by atoms with Crippen molar-refractivity contribution in [3.63, 3.8) is 0 Å². The molecule has 2 amide bonds. The fourth-order valence-electron chi connectivity index (χ4n) is 11.1. The molecule has 2 rings (SSSR count). The maximum atomic E-state index is 15.6. The Morgan fingerprint density at radius 1 is 0.583 bits per heavy atom. The van der Waals surface area contributed by atoms with Gasteiger partial charge in [-0.3, -0.25) is 14.1 Å². The van der Waals surface area contributed by atoms with E-state index in [1.54, 1.807) is 0 Å². The highest BCUT2D eigenvalue weighted by atomic mass is 31.2. The lowest BCUT2D eigenvalue weighted by Gasteiger charge is -2.47. The minimum atomic E-state index is -5.30. The number of alkyl halides is 2. The summed E-state index contributed by atoms with van der Waals surface area (Å²) in [6.45, 7) is 8.79. The summed E-state index contributed by atoms with van der Waals surface area (Å²) in [4.78, 5) is 59.6. The highest BCUT2D eigenvalue weighted by Gasteiger charge is 2.54. The second-order valence-electron chi connectivity index (χ2n) is 23.6. The van der Waals surface area contributed by atoms with Crippen LogP contribution in [0.4, 0.5) is 8.78 Å². The van der Waals surface area contributed by atoms with E-state index in [1.807, 2.05) is 0 Å². The molecular formula is C63H117F2N2O16P. The molecule has 2 fully saturated rings. The van der Waals surface area contributed by atoms with Gasteiger partial charge in [0.05, 0.1) is 25.4 Å². The minimum absolute atomic E-state index is 0.00533. The van der Waals surface area contributed by atoms with E-state index in [0.717, 1.165) is 161 Å². The number of aliphatic hydroxyl groups is 2. The SMILES string of the molecule is CCCCCC/C=C\CCCCCCO[C@H](CCCCCCC)CCO[C@@H]1[C@@H](NC(C)=O)[C@H](OC[C@H]2O[C@H](C(=O)O)[C@H](NC(=O)C(F)(F)CCCCCCCCCCCC)[C@@H](OCCCCCCCCCC)[C@@H]2O)O[C@H](CO)[C@H]1OP(=O)(O)O. The number of phosphoric acid groups is 1. The second-order valence-corrected chi connectivity index (χ2v) is 24.8. The highest BCUT2D eigenvalue weighted by molar-refractivity contribution is 7.46. The Balaban J connectivity index is 2.32. The van der Waals surface area contributed by atoms with E-state index in [0.29, 0.717) is 25.9 Å². The lowest BCUT2D eigenvalue weighted by Crippen LogP contribution is -2.69. The second kappa shape index (κ2) is 47.8. The van der Waals surface area contributed by atoms with Gasteiger partial charge in [0.15, 0.2) is 12.4 Å². The van der Waals surface area contributed by atoms with Gasteiger partial charge in [0.2, 0.25) is 5.91 Å². The van der Waals surface area contributed by atoms with Crippen molar-refractivity contribution in [1.82, 2.24) is 10.6 Å². The van der Waals surface area contributed by atoms with Gasteiger partial charge < -0.3 is 64.2 Å². The maximum absolute atomic E-state index is 15.6. The predicted molar refractivity (Wildman–Crippen MR) is 323 cm³/mol. The first kappa shape index (κ1) is 77.9. The molecule has 2 aliphatic rings. The molecule has 0 unspecified atom stereocenters. The van der Waals surface area contributed by atoms with Crippen LogP contribution in [0.1, 0.15) is 266 Å². The zero-order valence-electron chi connectivity index (χ0n) is 52.4. The number of nitrogens with one attached hydrogen (secondary N) is 2. The molecule has 0 spiro atoms. The Labute approximate surface area is 504 Å². The van der Waals surface area contributed by atoms with Crippen LogP contribution in [0.2, 0.25) is 0 Å². The fraction of sp³-hybridized carbons (Fsp3) is 0.921. The maximum Gasteiger partial charge on any atom is 0.470 e. The third-order valence-corrected chi connectivity index (χ3v) is 16.5. The molecule has 84 heavy (non-hydrogen) atoms. The lowest BCUT2D eigenvalue weighted by molar-refractivity contribution is -0.289. The van der Waals surface area contributed by atoms with E-state index in [1.165, 1.54) is 45.4 Å². The first-order valence-corrected chi connectivity index (χ1v) is 34.6. The van der Waals surface area contributed by atoms with Gasteiger partial charge in [0, 0.05) is 33.2 Å². The summed E-state index contributed by atoms with van der Waals surface area (Å²) in [5.74, 6) is -7.86. The number of aliphatic hydroxyl groups excluding tert-OH is 2. The largest absolute Gasteiger partial charge is 0.479 e. The number of unbranched alkanes of at least 4 members (excludes halogenated alkanes) is 28. The van der Waals surface area contributed by atoms with E-state index in [9.17, 15) is 44.1 Å². The molecule has 2 heterocycles. The predicted octanol–water partition coefficient (Wildman–Crippen LogP) is 12.9. The molecule has 0 bridgehead atoms. The van der Waals surface area contributed by atoms with Crippen molar-refractivity contribution < 1.29 is 85.8 Å². The number of carbonyl (C=O) groups excluding carboxylic acids is 2. The number of ether oxygens (including phenoxy) is 6. The normalized spacial score (nSPS) is 23.5. The van der Waals surface area contributed by atoms with Crippen molar-refractivity contribution in [2.24, 2.45) is 0 Å². The monoisotopic (exact) mass is 1230 g/mol. The number of amides is 2. The van der Waals surface area contributed by atoms with Crippen molar-refractivity contribution in [3.05, 3.63) is 12.2 Å². The average molecular weight is 1230 g/mol. The average Bonchev–Trinajstić information content (AvgIpc) is 1.58. The Hall–Kier alpha value is -2.20. The number of halogens is 2. The summed E-state index contributed by atoms with van der Waals surface area (Å²) in [7, 11) is -5.30. The molecule has 18 nitrogen and oxygen atoms in total. The molecule has 2 aliphatic heterocycles. The van der Waals surface area contributed by atoms with Gasteiger partial charge in [-0.25, -0.2) is 9.36 Å². The minimum Gasteiger partial charge on any atom is -0.479 e. The Morgan fingerprint density at radius 2 is 1.07 bits per heavy atom. The number of phosphoric ester groups is 1. The molecule has 0 saturated carbocycles. The van der Waals surface area contributed by atoms with E-state index in [-0.39, 0.29) is 25.7 Å².